The minimum absolute atomic E-state index is 0.0673. The maximum Gasteiger partial charge on any atom is 0.260 e. The van der Waals surface area contributed by atoms with E-state index in [2.05, 4.69) is 0 Å². The van der Waals surface area contributed by atoms with Crippen molar-refractivity contribution in [1.82, 2.24) is 9.21 Å². The molecule has 1 amide bonds. The number of hydrogen-bond donors (Lipinski definition) is 0. The summed E-state index contributed by atoms with van der Waals surface area (Å²) in [6.07, 6.45) is 0. The number of rotatable bonds is 5. The predicted molar refractivity (Wildman–Crippen MR) is 84.6 cm³/mol. The molecule has 0 atom stereocenters. The Morgan fingerprint density at radius 1 is 1.18 bits per heavy atom. The average molecular weight is 347 g/mol. The molecule has 6 nitrogen and oxygen atoms in total. The van der Waals surface area contributed by atoms with Gasteiger partial charge in [0.05, 0.1) is 5.75 Å². The van der Waals surface area contributed by atoms with E-state index in [1.54, 1.807) is 36.1 Å². The van der Waals surface area contributed by atoms with Crippen LogP contribution in [0.1, 0.15) is 6.92 Å². The standard InChI is InChI=1S/C14H19ClN2O4S/c1-2-22(19,20)17-9-7-16(8-10-17)14(18)11-21-13-5-3-12(15)4-6-13/h3-6H,2,7-11H2,1H3. The minimum atomic E-state index is -3.18. The predicted octanol–water partition coefficient (Wildman–Crippen LogP) is 1.21. The first-order chi connectivity index (χ1) is 10.4. The van der Waals surface area contributed by atoms with Gasteiger partial charge in [0.15, 0.2) is 6.61 Å². The van der Waals surface area contributed by atoms with Crippen molar-refractivity contribution in [3.8, 4) is 5.75 Å². The number of nitrogens with zero attached hydrogens (tertiary/aromatic N) is 2. The Labute approximate surface area is 135 Å². The first-order valence-electron chi connectivity index (χ1n) is 7.06. The Balaban J connectivity index is 1.81. The Bertz CT molecular complexity index is 610. The van der Waals surface area contributed by atoms with Crippen LogP contribution in [0.25, 0.3) is 0 Å². The molecule has 122 valence electrons. The van der Waals surface area contributed by atoms with Crippen LogP contribution in [0.3, 0.4) is 0 Å². The Morgan fingerprint density at radius 2 is 1.77 bits per heavy atom. The molecular formula is C14H19ClN2O4S. The third-order valence-electron chi connectivity index (χ3n) is 3.53. The normalized spacial score (nSPS) is 16.5. The van der Waals surface area contributed by atoms with Crippen LogP contribution >= 0.6 is 11.6 Å². The molecular weight excluding hydrogens is 328 g/mol. The smallest absolute Gasteiger partial charge is 0.260 e. The molecule has 22 heavy (non-hydrogen) atoms. The zero-order valence-electron chi connectivity index (χ0n) is 12.4. The summed E-state index contributed by atoms with van der Waals surface area (Å²) in [5, 5.41) is 0.604. The molecule has 0 spiro atoms. The molecule has 1 aliphatic heterocycles. The van der Waals surface area contributed by atoms with Gasteiger partial charge in [-0.2, -0.15) is 4.31 Å². The Hall–Kier alpha value is -1.31. The molecule has 1 aliphatic rings. The monoisotopic (exact) mass is 346 g/mol. The number of ether oxygens (including phenoxy) is 1. The molecule has 1 aromatic carbocycles. The van der Waals surface area contributed by atoms with Crippen LogP contribution in [0.5, 0.6) is 5.75 Å². The van der Waals surface area contributed by atoms with Gasteiger partial charge < -0.3 is 9.64 Å². The van der Waals surface area contributed by atoms with Crippen LogP contribution in [-0.4, -0.2) is 62.1 Å². The van der Waals surface area contributed by atoms with Crippen molar-refractivity contribution in [2.45, 2.75) is 6.92 Å². The van der Waals surface area contributed by atoms with Gasteiger partial charge in [-0.05, 0) is 31.2 Å². The fraction of sp³-hybridized carbons (Fsp3) is 0.500. The fourth-order valence-corrected chi connectivity index (χ4v) is 3.38. The third-order valence-corrected chi connectivity index (χ3v) is 5.66. The third kappa shape index (κ3) is 4.34. The fourth-order valence-electron chi connectivity index (χ4n) is 2.17. The average Bonchev–Trinajstić information content (AvgIpc) is 2.54. The van der Waals surface area contributed by atoms with Crippen molar-refractivity contribution in [1.29, 1.82) is 0 Å². The molecule has 1 aromatic rings. The lowest BCUT2D eigenvalue weighted by atomic mass is 10.3. The van der Waals surface area contributed by atoms with Gasteiger partial charge in [0.1, 0.15) is 5.75 Å². The van der Waals surface area contributed by atoms with E-state index in [9.17, 15) is 13.2 Å². The van der Waals surface area contributed by atoms with Crippen molar-refractivity contribution in [2.75, 3.05) is 38.5 Å². The molecule has 1 fully saturated rings. The van der Waals surface area contributed by atoms with E-state index in [0.717, 1.165) is 0 Å². The highest BCUT2D eigenvalue weighted by atomic mass is 35.5. The molecule has 0 N–H and O–H groups in total. The zero-order valence-corrected chi connectivity index (χ0v) is 13.9. The highest BCUT2D eigenvalue weighted by Gasteiger charge is 2.27. The lowest BCUT2D eigenvalue weighted by Crippen LogP contribution is -2.51. The Kier molecular flexibility index (Phi) is 5.66. The molecule has 2 rings (SSSR count). The first kappa shape index (κ1) is 17.1. The number of carbonyl (C=O) groups is 1. The highest BCUT2D eigenvalue weighted by Crippen LogP contribution is 2.15. The van der Waals surface area contributed by atoms with Crippen LogP contribution in [0.15, 0.2) is 24.3 Å². The molecule has 0 bridgehead atoms. The summed E-state index contributed by atoms with van der Waals surface area (Å²) in [4.78, 5) is 13.7. The summed E-state index contributed by atoms with van der Waals surface area (Å²) in [7, 11) is -3.18. The highest BCUT2D eigenvalue weighted by molar-refractivity contribution is 7.89. The van der Waals surface area contributed by atoms with E-state index in [1.807, 2.05) is 0 Å². The van der Waals surface area contributed by atoms with Gasteiger partial charge in [0.25, 0.3) is 5.91 Å². The van der Waals surface area contributed by atoms with Gasteiger partial charge in [-0.3, -0.25) is 4.79 Å². The molecule has 0 radical (unpaired) electrons. The SMILES string of the molecule is CCS(=O)(=O)N1CCN(C(=O)COc2ccc(Cl)cc2)CC1. The van der Waals surface area contributed by atoms with Crippen molar-refractivity contribution >= 4 is 27.5 Å². The number of carbonyl (C=O) groups excluding carboxylic acids is 1. The van der Waals surface area contributed by atoms with Gasteiger partial charge in [-0.1, -0.05) is 11.6 Å². The summed E-state index contributed by atoms with van der Waals surface area (Å²) in [6, 6.07) is 6.77. The molecule has 0 saturated carbocycles. The largest absolute Gasteiger partial charge is 0.484 e. The van der Waals surface area contributed by atoms with Gasteiger partial charge in [0.2, 0.25) is 10.0 Å². The van der Waals surface area contributed by atoms with Gasteiger partial charge in [-0.25, -0.2) is 8.42 Å². The summed E-state index contributed by atoms with van der Waals surface area (Å²) in [5.41, 5.74) is 0. The van der Waals surface area contributed by atoms with Crippen LogP contribution in [0.2, 0.25) is 5.02 Å². The number of hydrogen-bond acceptors (Lipinski definition) is 4. The quantitative estimate of drug-likeness (QED) is 0.803. The maximum atomic E-state index is 12.1. The lowest BCUT2D eigenvalue weighted by molar-refractivity contribution is -0.134. The number of sulfonamides is 1. The number of benzene rings is 1. The number of piperazine rings is 1. The minimum Gasteiger partial charge on any atom is -0.484 e. The first-order valence-corrected chi connectivity index (χ1v) is 9.05. The summed E-state index contributed by atoms with van der Waals surface area (Å²) >= 11 is 5.77. The molecule has 0 aliphatic carbocycles. The summed E-state index contributed by atoms with van der Waals surface area (Å²) < 4.78 is 30.3. The molecule has 8 heteroatoms. The summed E-state index contributed by atoms with van der Waals surface area (Å²) in [5.74, 6) is 0.508. The van der Waals surface area contributed by atoms with E-state index in [-0.39, 0.29) is 18.3 Å². The lowest BCUT2D eigenvalue weighted by Gasteiger charge is -2.33. The zero-order chi connectivity index (χ0) is 16.2. The molecule has 1 saturated heterocycles. The van der Waals surface area contributed by atoms with Crippen LogP contribution in [-0.2, 0) is 14.8 Å². The molecule has 0 unspecified atom stereocenters. The van der Waals surface area contributed by atoms with Crippen molar-refractivity contribution in [3.63, 3.8) is 0 Å². The van der Waals surface area contributed by atoms with Gasteiger partial charge >= 0.3 is 0 Å². The van der Waals surface area contributed by atoms with Gasteiger partial charge in [0, 0.05) is 31.2 Å². The Morgan fingerprint density at radius 3 is 2.32 bits per heavy atom. The molecule has 0 aromatic heterocycles. The van der Waals surface area contributed by atoms with Crippen LogP contribution in [0.4, 0.5) is 0 Å². The summed E-state index contributed by atoms with van der Waals surface area (Å²) in [6.45, 7) is 3.00. The second-order valence-electron chi connectivity index (χ2n) is 4.92. The van der Waals surface area contributed by atoms with E-state index in [4.69, 9.17) is 16.3 Å². The topological polar surface area (TPSA) is 66.9 Å². The van der Waals surface area contributed by atoms with E-state index < -0.39 is 10.0 Å². The van der Waals surface area contributed by atoms with Crippen LogP contribution < -0.4 is 4.74 Å². The van der Waals surface area contributed by atoms with Crippen molar-refractivity contribution in [3.05, 3.63) is 29.3 Å². The van der Waals surface area contributed by atoms with Gasteiger partial charge in [-0.15, -0.1) is 0 Å². The second-order valence-corrected chi connectivity index (χ2v) is 7.62. The van der Waals surface area contributed by atoms with Crippen LogP contribution in [0, 0.1) is 0 Å². The number of halogens is 1. The molecule has 1 heterocycles. The van der Waals surface area contributed by atoms with Crippen molar-refractivity contribution < 1.29 is 17.9 Å². The second kappa shape index (κ2) is 7.30. The van der Waals surface area contributed by atoms with E-state index in [0.29, 0.717) is 37.0 Å². The maximum absolute atomic E-state index is 12.1. The van der Waals surface area contributed by atoms with E-state index >= 15 is 0 Å². The number of amides is 1. The van der Waals surface area contributed by atoms with E-state index in [1.165, 1.54) is 4.31 Å². The van der Waals surface area contributed by atoms with Crippen molar-refractivity contribution in [2.24, 2.45) is 0 Å².